The third kappa shape index (κ3) is 11.0. The number of methoxy groups -OCH3 is 4. The number of nitrogens with one attached hydrogen (secondary N) is 2. The lowest BCUT2D eigenvalue weighted by molar-refractivity contribution is 0.0899. The van der Waals surface area contributed by atoms with Gasteiger partial charge in [0.15, 0.2) is 28.4 Å². The molecule has 0 saturated heterocycles. The first-order valence-corrected chi connectivity index (χ1v) is 20.6. The van der Waals surface area contributed by atoms with Crippen molar-refractivity contribution in [3.63, 3.8) is 0 Å². The Morgan fingerprint density at radius 2 is 1.16 bits per heavy atom. The van der Waals surface area contributed by atoms with Gasteiger partial charge in [0.2, 0.25) is 0 Å². The number of benzene rings is 2. The van der Waals surface area contributed by atoms with E-state index in [2.05, 4.69) is 44.4 Å². The van der Waals surface area contributed by atoms with Crippen molar-refractivity contribution in [2.45, 2.75) is 92.2 Å². The second-order valence-corrected chi connectivity index (χ2v) is 15.7. The first-order valence-electron chi connectivity index (χ1n) is 20.6. The summed E-state index contributed by atoms with van der Waals surface area (Å²) >= 11 is 0. The van der Waals surface area contributed by atoms with Gasteiger partial charge >= 0.3 is 0 Å². The van der Waals surface area contributed by atoms with Crippen LogP contribution in [0.1, 0.15) is 109 Å². The van der Waals surface area contributed by atoms with Crippen molar-refractivity contribution in [2.75, 3.05) is 41.7 Å². The van der Waals surface area contributed by atoms with Gasteiger partial charge in [0, 0.05) is 21.3 Å². The average Bonchev–Trinajstić information content (AvgIpc) is 3.88. The fourth-order valence-corrected chi connectivity index (χ4v) is 6.82. The topological polar surface area (TPSA) is 174 Å². The largest absolute Gasteiger partial charge is 0.494 e. The molecule has 0 bridgehead atoms. The Morgan fingerprint density at radius 1 is 0.661 bits per heavy atom. The van der Waals surface area contributed by atoms with E-state index in [9.17, 15) is 9.59 Å². The van der Waals surface area contributed by atoms with Crippen molar-refractivity contribution >= 4 is 23.1 Å². The van der Waals surface area contributed by atoms with Crippen molar-refractivity contribution in [1.29, 1.82) is 0 Å². The zero-order valence-corrected chi connectivity index (χ0v) is 37.7. The summed E-state index contributed by atoms with van der Waals surface area (Å²) in [4.78, 5) is 44.2. The van der Waals surface area contributed by atoms with Crippen LogP contribution in [-0.4, -0.2) is 82.2 Å². The van der Waals surface area contributed by atoms with E-state index in [4.69, 9.17) is 28.4 Å². The van der Waals surface area contributed by atoms with Crippen LogP contribution in [0, 0.1) is 6.92 Å². The molecular formula is C46H60N8O8. The molecule has 2 N–H and O–H groups in total. The number of aromatic nitrogens is 6. The summed E-state index contributed by atoms with van der Waals surface area (Å²) in [5, 5.41) is 6.16. The highest BCUT2D eigenvalue weighted by molar-refractivity contribution is 5.99. The molecule has 0 aliphatic heterocycles. The fourth-order valence-electron chi connectivity index (χ4n) is 6.82. The molecule has 6 rings (SSSR count). The first-order chi connectivity index (χ1) is 29.7. The molecule has 2 aromatic carbocycles. The van der Waals surface area contributed by atoms with Crippen LogP contribution in [0.4, 0.5) is 0 Å². The van der Waals surface area contributed by atoms with Gasteiger partial charge in [0.05, 0.1) is 74.0 Å². The van der Waals surface area contributed by atoms with E-state index in [-0.39, 0.29) is 23.2 Å². The van der Waals surface area contributed by atoms with Crippen LogP contribution in [-0.2, 0) is 45.1 Å². The minimum atomic E-state index is -0.643. The highest BCUT2D eigenvalue weighted by Gasteiger charge is 2.29. The van der Waals surface area contributed by atoms with Crippen molar-refractivity contribution in [3.05, 3.63) is 113 Å². The number of rotatable bonds is 19. The van der Waals surface area contributed by atoms with Gasteiger partial charge in [-0.15, -0.1) is 0 Å². The van der Waals surface area contributed by atoms with Gasteiger partial charge in [-0.2, -0.15) is 0 Å². The number of carbonyl (C=O) groups excluding carboxylic acids is 2. The second-order valence-electron chi connectivity index (χ2n) is 15.7. The molecule has 0 aliphatic carbocycles. The summed E-state index contributed by atoms with van der Waals surface area (Å²) < 4.78 is 36.3. The highest BCUT2D eigenvalue weighted by atomic mass is 16.5. The van der Waals surface area contributed by atoms with E-state index in [0.29, 0.717) is 61.5 Å². The van der Waals surface area contributed by atoms with Gasteiger partial charge in [-0.3, -0.25) is 18.4 Å². The average molecular weight is 853 g/mol. The van der Waals surface area contributed by atoms with E-state index < -0.39 is 11.1 Å². The Kier molecular flexibility index (Phi) is 16.0. The Hall–Kier alpha value is -6.10. The maximum atomic E-state index is 13.2. The van der Waals surface area contributed by atoms with Gasteiger partial charge in [-0.25, -0.2) is 19.9 Å². The molecule has 4 heterocycles. The second kappa shape index (κ2) is 21.1. The van der Waals surface area contributed by atoms with Gasteiger partial charge in [0.25, 0.3) is 11.8 Å². The van der Waals surface area contributed by atoms with Crippen LogP contribution < -0.4 is 24.8 Å². The molecule has 6 aromatic rings. The predicted molar refractivity (Wildman–Crippen MR) is 235 cm³/mol. The van der Waals surface area contributed by atoms with E-state index in [1.165, 1.54) is 0 Å². The summed E-state index contributed by atoms with van der Waals surface area (Å²) in [6.45, 7) is 16.0. The molecule has 0 saturated carbocycles. The molecule has 2 amide bonds. The van der Waals surface area contributed by atoms with E-state index >= 15 is 0 Å². The minimum Gasteiger partial charge on any atom is -0.494 e. The van der Waals surface area contributed by atoms with Crippen LogP contribution in [0.5, 0.6) is 17.2 Å². The molecule has 4 aromatic heterocycles. The first kappa shape index (κ1) is 47.0. The number of carbonyl (C=O) groups is 2. The SMILES string of the molecule is CCCOc1cccc(C(C)(C)NC(=O)c2ncn3c(COC)c(OC)c(C)nc23)c1.CCCOc1cccc(C(C)(C)NC(=O)c2ncn3c(COC)cc(COC)nc23)c1. The van der Waals surface area contributed by atoms with E-state index in [0.717, 1.165) is 46.9 Å². The number of amides is 2. The maximum absolute atomic E-state index is 13.2. The standard InChI is InChI=1S/2C23H30N4O4/c1-7-11-31-17-10-8-9-16(12-17)23(3,4)26-22(28)19-21-25-15(2)20(30-6)18(13-29-5)27(21)14-24-19;1-6-10-31-19-9-7-8-16(11-19)23(2,3)26-22(28)20-21-25-17(13-29-4)12-18(14-30-5)27(21)15-24-20/h8-10,12,14H,7,11,13H2,1-6H3,(H,26,28);7-9,11-12,15H,6,10,13-14H2,1-5H3,(H,26,28). The number of fused-ring (bicyclic) bond motifs is 2. The van der Waals surface area contributed by atoms with Gasteiger partial charge in [0.1, 0.15) is 24.2 Å². The van der Waals surface area contributed by atoms with Gasteiger partial charge in [-0.05, 0) is 88.9 Å². The monoisotopic (exact) mass is 852 g/mol. The quantitative estimate of drug-likeness (QED) is 0.0846. The van der Waals surface area contributed by atoms with Crippen LogP contribution in [0.2, 0.25) is 0 Å². The number of nitrogens with zero attached hydrogens (tertiary/aromatic N) is 6. The molecule has 0 unspecified atom stereocenters. The third-order valence-electron chi connectivity index (χ3n) is 9.94. The smallest absolute Gasteiger partial charge is 0.274 e. The van der Waals surface area contributed by atoms with Crippen LogP contribution in [0.25, 0.3) is 11.3 Å². The molecule has 62 heavy (non-hydrogen) atoms. The molecule has 16 nitrogen and oxygen atoms in total. The van der Waals surface area contributed by atoms with Crippen LogP contribution in [0.15, 0.2) is 67.3 Å². The molecular weight excluding hydrogens is 793 g/mol. The Bertz CT molecular complexity index is 2460. The lowest BCUT2D eigenvalue weighted by atomic mass is 9.94. The van der Waals surface area contributed by atoms with Crippen LogP contribution >= 0.6 is 0 Å². The predicted octanol–water partition coefficient (Wildman–Crippen LogP) is 7.12. The molecule has 0 aliphatic rings. The summed E-state index contributed by atoms with van der Waals surface area (Å²) in [6.07, 6.45) is 5.02. The molecule has 332 valence electrons. The zero-order chi connectivity index (χ0) is 45.0. The van der Waals surface area contributed by atoms with E-state index in [1.807, 2.05) is 89.2 Å². The van der Waals surface area contributed by atoms with Crippen molar-refractivity contribution < 1.29 is 38.0 Å². The summed E-state index contributed by atoms with van der Waals surface area (Å²) in [5.74, 6) is 1.56. The summed E-state index contributed by atoms with van der Waals surface area (Å²) in [5.41, 5.74) is 4.96. The number of hydrogen-bond donors (Lipinski definition) is 2. The fraction of sp³-hybridized carbons (Fsp3) is 0.435. The summed E-state index contributed by atoms with van der Waals surface area (Å²) in [6, 6.07) is 17.4. The molecule has 0 fully saturated rings. The normalized spacial score (nSPS) is 11.6. The van der Waals surface area contributed by atoms with Crippen molar-refractivity contribution in [2.24, 2.45) is 0 Å². The lowest BCUT2D eigenvalue weighted by Crippen LogP contribution is -2.41. The molecule has 16 heteroatoms. The molecule has 0 spiro atoms. The highest BCUT2D eigenvalue weighted by Crippen LogP contribution is 2.29. The zero-order valence-electron chi connectivity index (χ0n) is 37.7. The molecule has 0 radical (unpaired) electrons. The van der Waals surface area contributed by atoms with Crippen molar-refractivity contribution in [3.8, 4) is 17.2 Å². The van der Waals surface area contributed by atoms with Gasteiger partial charge in [-0.1, -0.05) is 38.1 Å². The van der Waals surface area contributed by atoms with E-state index in [1.54, 1.807) is 49.9 Å². The Morgan fingerprint density at radius 3 is 1.65 bits per heavy atom. The maximum Gasteiger partial charge on any atom is 0.274 e. The molecule has 0 atom stereocenters. The van der Waals surface area contributed by atoms with Gasteiger partial charge < -0.3 is 39.1 Å². The number of ether oxygens (including phenoxy) is 6. The summed E-state index contributed by atoms with van der Waals surface area (Å²) in [7, 11) is 6.41. The lowest BCUT2D eigenvalue weighted by Gasteiger charge is -2.27. The number of imidazole rings is 2. The third-order valence-corrected chi connectivity index (χ3v) is 9.94. The van der Waals surface area contributed by atoms with Crippen molar-refractivity contribution in [1.82, 2.24) is 39.4 Å². The Labute approximate surface area is 363 Å². The number of hydrogen-bond acceptors (Lipinski definition) is 12. The Balaban J connectivity index is 0.000000234. The van der Waals surface area contributed by atoms with Crippen LogP contribution in [0.3, 0.4) is 0 Å². The minimum absolute atomic E-state index is 0.245. The number of aryl methyl sites for hydroxylation is 1.